The first-order valence-corrected chi connectivity index (χ1v) is 7.09. The number of nitrogens with one attached hydrogen (secondary N) is 2. The van der Waals surface area contributed by atoms with Crippen LogP contribution < -0.4 is 10.6 Å². The number of piperidine rings is 1. The van der Waals surface area contributed by atoms with Crippen molar-refractivity contribution in [3.63, 3.8) is 0 Å². The van der Waals surface area contributed by atoms with Crippen LogP contribution in [0.4, 0.5) is 10.5 Å². The van der Waals surface area contributed by atoms with Gasteiger partial charge in [-0.05, 0) is 31.9 Å². The van der Waals surface area contributed by atoms with Gasteiger partial charge in [0.2, 0.25) is 5.91 Å². The van der Waals surface area contributed by atoms with E-state index >= 15 is 0 Å². The van der Waals surface area contributed by atoms with Gasteiger partial charge in [0, 0.05) is 31.2 Å². The zero-order valence-corrected chi connectivity index (χ0v) is 11.8. The van der Waals surface area contributed by atoms with Gasteiger partial charge in [-0.15, -0.1) is 0 Å². The van der Waals surface area contributed by atoms with Crippen LogP contribution in [0.1, 0.15) is 19.8 Å². The summed E-state index contributed by atoms with van der Waals surface area (Å²) in [5, 5.41) is 5.71. The fourth-order valence-corrected chi connectivity index (χ4v) is 2.37. The Hall–Kier alpha value is -2.04. The lowest BCUT2D eigenvalue weighted by molar-refractivity contribution is -0.121. The van der Waals surface area contributed by atoms with Crippen molar-refractivity contribution >= 4 is 17.6 Å². The number of carbonyl (C=O) groups is 2. The predicted octanol–water partition coefficient (Wildman–Crippen LogP) is 2.07. The van der Waals surface area contributed by atoms with Gasteiger partial charge in [0.05, 0.1) is 0 Å². The van der Waals surface area contributed by atoms with Crippen LogP contribution in [0.25, 0.3) is 0 Å². The van der Waals surface area contributed by atoms with Crippen LogP contribution in [0.2, 0.25) is 0 Å². The zero-order valence-electron chi connectivity index (χ0n) is 11.8. The van der Waals surface area contributed by atoms with Crippen molar-refractivity contribution < 1.29 is 9.59 Å². The molecule has 1 aromatic carbocycles. The molecule has 2 rings (SSSR count). The van der Waals surface area contributed by atoms with Crippen molar-refractivity contribution in [2.75, 3.05) is 25.0 Å². The van der Waals surface area contributed by atoms with Crippen molar-refractivity contribution in [3.05, 3.63) is 30.3 Å². The third kappa shape index (κ3) is 3.73. The highest BCUT2D eigenvalue weighted by Gasteiger charge is 2.27. The lowest BCUT2D eigenvalue weighted by Crippen LogP contribution is -2.46. The van der Waals surface area contributed by atoms with Gasteiger partial charge < -0.3 is 15.5 Å². The van der Waals surface area contributed by atoms with Gasteiger partial charge in [-0.25, -0.2) is 4.79 Å². The van der Waals surface area contributed by atoms with Gasteiger partial charge in [-0.1, -0.05) is 18.2 Å². The van der Waals surface area contributed by atoms with E-state index in [1.54, 1.807) is 4.90 Å². The van der Waals surface area contributed by atoms with E-state index in [4.69, 9.17) is 0 Å². The number of benzene rings is 1. The molecule has 5 heteroatoms. The van der Waals surface area contributed by atoms with Crippen LogP contribution in [-0.4, -0.2) is 36.5 Å². The molecule has 0 saturated carbocycles. The molecular formula is C15H21N3O2. The van der Waals surface area contributed by atoms with Gasteiger partial charge in [-0.3, -0.25) is 4.79 Å². The number of amides is 3. The summed E-state index contributed by atoms with van der Waals surface area (Å²) in [7, 11) is 0. The summed E-state index contributed by atoms with van der Waals surface area (Å²) in [5.41, 5.74) is 0.823. The summed E-state index contributed by atoms with van der Waals surface area (Å²) in [5.74, 6) is 0.0348. The second-order valence-corrected chi connectivity index (χ2v) is 4.95. The topological polar surface area (TPSA) is 61.4 Å². The number of carbonyl (C=O) groups excluding carboxylic acids is 2. The van der Waals surface area contributed by atoms with Crippen molar-refractivity contribution in [2.24, 2.45) is 5.92 Å². The molecule has 0 aliphatic carbocycles. The minimum absolute atomic E-state index is 0.0131. The standard InChI is InChI=1S/C15H21N3O2/c1-2-16-15(20)18-10-8-12(9-11-18)14(19)17-13-6-4-3-5-7-13/h3-7,12H,2,8-11H2,1H3,(H,16,20)(H,17,19). The van der Waals surface area contributed by atoms with Crippen LogP contribution in [0, 0.1) is 5.92 Å². The summed E-state index contributed by atoms with van der Waals surface area (Å²) in [6.07, 6.45) is 1.44. The third-order valence-electron chi connectivity index (χ3n) is 3.52. The van der Waals surface area contributed by atoms with Crippen molar-refractivity contribution in [1.82, 2.24) is 10.2 Å². The molecule has 0 bridgehead atoms. The Bertz CT molecular complexity index is 453. The number of hydrogen-bond acceptors (Lipinski definition) is 2. The molecule has 1 aliphatic heterocycles. The van der Waals surface area contributed by atoms with E-state index < -0.39 is 0 Å². The van der Waals surface area contributed by atoms with E-state index in [9.17, 15) is 9.59 Å². The van der Waals surface area contributed by atoms with Crippen LogP contribution in [-0.2, 0) is 4.79 Å². The number of rotatable bonds is 3. The van der Waals surface area contributed by atoms with E-state index in [0.29, 0.717) is 19.6 Å². The normalized spacial score (nSPS) is 15.8. The van der Waals surface area contributed by atoms with Gasteiger partial charge in [0.1, 0.15) is 0 Å². The number of urea groups is 1. The second-order valence-electron chi connectivity index (χ2n) is 4.95. The highest BCUT2D eigenvalue weighted by atomic mass is 16.2. The summed E-state index contributed by atoms with van der Waals surface area (Å²) in [6, 6.07) is 9.43. The van der Waals surface area contributed by atoms with E-state index in [1.807, 2.05) is 37.3 Å². The number of anilines is 1. The molecule has 0 unspecified atom stereocenters. The Labute approximate surface area is 119 Å². The Balaban J connectivity index is 1.81. The summed E-state index contributed by atoms with van der Waals surface area (Å²) >= 11 is 0. The van der Waals surface area contributed by atoms with Crippen molar-refractivity contribution in [3.8, 4) is 0 Å². The Kier molecular flexibility index (Phi) is 4.98. The predicted molar refractivity (Wildman–Crippen MR) is 78.4 cm³/mol. The lowest BCUT2D eigenvalue weighted by Gasteiger charge is -2.31. The molecule has 0 aromatic heterocycles. The Morgan fingerprint density at radius 3 is 2.45 bits per heavy atom. The number of nitrogens with zero attached hydrogens (tertiary/aromatic N) is 1. The summed E-state index contributed by atoms with van der Waals surface area (Å²) in [6.45, 7) is 3.81. The van der Waals surface area contributed by atoms with E-state index in [-0.39, 0.29) is 17.9 Å². The SMILES string of the molecule is CCNC(=O)N1CCC(C(=O)Nc2ccccc2)CC1. The van der Waals surface area contributed by atoms with Gasteiger partial charge in [0.15, 0.2) is 0 Å². The largest absolute Gasteiger partial charge is 0.338 e. The first-order chi connectivity index (χ1) is 9.70. The highest BCUT2D eigenvalue weighted by molar-refractivity contribution is 5.92. The van der Waals surface area contributed by atoms with E-state index in [2.05, 4.69) is 10.6 Å². The fraction of sp³-hybridized carbons (Fsp3) is 0.467. The van der Waals surface area contributed by atoms with E-state index in [0.717, 1.165) is 18.5 Å². The quantitative estimate of drug-likeness (QED) is 0.887. The minimum Gasteiger partial charge on any atom is -0.338 e. The van der Waals surface area contributed by atoms with Crippen LogP contribution in [0.5, 0.6) is 0 Å². The molecular weight excluding hydrogens is 254 g/mol. The van der Waals surface area contributed by atoms with Crippen molar-refractivity contribution in [1.29, 1.82) is 0 Å². The maximum absolute atomic E-state index is 12.1. The number of likely N-dealkylation sites (tertiary alicyclic amines) is 1. The molecule has 5 nitrogen and oxygen atoms in total. The van der Waals surface area contributed by atoms with Gasteiger partial charge in [0.25, 0.3) is 0 Å². The summed E-state index contributed by atoms with van der Waals surface area (Å²) < 4.78 is 0. The fourth-order valence-electron chi connectivity index (χ4n) is 2.37. The first-order valence-electron chi connectivity index (χ1n) is 7.09. The molecule has 2 N–H and O–H groups in total. The average molecular weight is 275 g/mol. The molecule has 1 aliphatic rings. The minimum atomic E-state index is -0.0329. The molecule has 0 atom stereocenters. The molecule has 1 aromatic rings. The number of para-hydroxylation sites is 1. The van der Waals surface area contributed by atoms with Crippen LogP contribution >= 0.6 is 0 Å². The van der Waals surface area contributed by atoms with Crippen LogP contribution in [0.15, 0.2) is 30.3 Å². The van der Waals surface area contributed by atoms with Gasteiger partial charge >= 0.3 is 6.03 Å². The lowest BCUT2D eigenvalue weighted by atomic mass is 9.96. The second kappa shape index (κ2) is 6.93. The molecule has 0 spiro atoms. The first kappa shape index (κ1) is 14.4. The monoisotopic (exact) mass is 275 g/mol. The van der Waals surface area contributed by atoms with Gasteiger partial charge in [-0.2, -0.15) is 0 Å². The molecule has 0 radical (unpaired) electrons. The molecule has 3 amide bonds. The Morgan fingerprint density at radius 2 is 1.85 bits per heavy atom. The smallest absolute Gasteiger partial charge is 0.317 e. The highest BCUT2D eigenvalue weighted by Crippen LogP contribution is 2.19. The molecule has 1 heterocycles. The third-order valence-corrected chi connectivity index (χ3v) is 3.52. The molecule has 1 fully saturated rings. The Morgan fingerprint density at radius 1 is 1.20 bits per heavy atom. The molecule has 108 valence electrons. The molecule has 20 heavy (non-hydrogen) atoms. The number of hydrogen-bond donors (Lipinski definition) is 2. The molecule has 1 saturated heterocycles. The maximum Gasteiger partial charge on any atom is 0.317 e. The van der Waals surface area contributed by atoms with E-state index in [1.165, 1.54) is 0 Å². The average Bonchev–Trinajstić information content (AvgIpc) is 2.48. The maximum atomic E-state index is 12.1. The summed E-state index contributed by atoms with van der Waals surface area (Å²) in [4.78, 5) is 25.6. The van der Waals surface area contributed by atoms with Crippen LogP contribution in [0.3, 0.4) is 0 Å². The zero-order chi connectivity index (χ0) is 14.4. The van der Waals surface area contributed by atoms with Crippen molar-refractivity contribution in [2.45, 2.75) is 19.8 Å².